The maximum atomic E-state index is 12.5. The second kappa shape index (κ2) is 7.56. The Morgan fingerprint density at radius 3 is 2.48 bits per heavy atom. The summed E-state index contributed by atoms with van der Waals surface area (Å²) in [5.41, 5.74) is 4.89. The fourth-order valence-electron chi connectivity index (χ4n) is 3.31. The maximum Gasteiger partial charge on any atom is 0.163 e. The first-order valence-corrected chi connectivity index (χ1v) is 8.67. The van der Waals surface area contributed by atoms with Gasteiger partial charge in [0, 0.05) is 25.1 Å². The number of hydrogen-bond donors (Lipinski definition) is 0. The summed E-state index contributed by atoms with van der Waals surface area (Å²) in [6.45, 7) is 5.56. The van der Waals surface area contributed by atoms with Gasteiger partial charge in [0.1, 0.15) is 0 Å². The van der Waals surface area contributed by atoms with Crippen molar-refractivity contribution < 1.29 is 4.79 Å². The fraction of sp³-hybridized carbons (Fsp3) is 0.381. The second-order valence-electron chi connectivity index (χ2n) is 6.33. The normalized spacial score (nSPS) is 15.0. The standard InChI is InChI=1S/C21H25NO/c1-2-22-14-12-18-9-10-20(16-19(18)13-15-22)21(23)11-8-17-6-4-3-5-7-17/h3-7,9-10,16H,2,8,11-15H2,1H3. The van der Waals surface area contributed by atoms with Crippen LogP contribution in [-0.2, 0) is 19.3 Å². The highest BCUT2D eigenvalue weighted by Gasteiger charge is 2.15. The highest BCUT2D eigenvalue weighted by Crippen LogP contribution is 2.19. The number of carbonyl (C=O) groups is 1. The molecule has 0 saturated carbocycles. The lowest BCUT2D eigenvalue weighted by molar-refractivity contribution is 0.0982. The van der Waals surface area contributed by atoms with Gasteiger partial charge in [-0.2, -0.15) is 0 Å². The second-order valence-corrected chi connectivity index (χ2v) is 6.33. The molecule has 2 heteroatoms. The Kier molecular flexibility index (Phi) is 5.24. The van der Waals surface area contributed by atoms with Crippen LogP contribution in [0.4, 0.5) is 0 Å². The summed E-state index contributed by atoms with van der Waals surface area (Å²) in [6.07, 6.45) is 3.56. The molecular weight excluding hydrogens is 282 g/mol. The number of likely N-dealkylation sites (N-methyl/N-ethyl adjacent to an activating group) is 1. The van der Waals surface area contributed by atoms with Crippen LogP contribution >= 0.6 is 0 Å². The van der Waals surface area contributed by atoms with Gasteiger partial charge in [-0.15, -0.1) is 0 Å². The molecule has 0 radical (unpaired) electrons. The van der Waals surface area contributed by atoms with Crippen LogP contribution in [0, 0.1) is 0 Å². The van der Waals surface area contributed by atoms with E-state index in [1.165, 1.54) is 16.7 Å². The Morgan fingerprint density at radius 2 is 1.74 bits per heavy atom. The van der Waals surface area contributed by atoms with Crippen molar-refractivity contribution in [1.29, 1.82) is 0 Å². The lowest BCUT2D eigenvalue weighted by atomic mass is 9.96. The molecule has 0 saturated heterocycles. The zero-order valence-corrected chi connectivity index (χ0v) is 13.9. The molecule has 120 valence electrons. The third kappa shape index (κ3) is 4.08. The van der Waals surface area contributed by atoms with Crippen LogP contribution in [-0.4, -0.2) is 30.3 Å². The average molecular weight is 307 g/mol. The van der Waals surface area contributed by atoms with Gasteiger partial charge < -0.3 is 4.90 Å². The van der Waals surface area contributed by atoms with Gasteiger partial charge in [0.2, 0.25) is 0 Å². The van der Waals surface area contributed by atoms with Crippen LogP contribution in [0.25, 0.3) is 0 Å². The van der Waals surface area contributed by atoms with Gasteiger partial charge in [-0.05, 0) is 48.6 Å². The van der Waals surface area contributed by atoms with E-state index in [2.05, 4.69) is 36.1 Å². The minimum Gasteiger partial charge on any atom is -0.303 e. The van der Waals surface area contributed by atoms with Crippen molar-refractivity contribution in [2.75, 3.05) is 19.6 Å². The van der Waals surface area contributed by atoms with E-state index >= 15 is 0 Å². The zero-order valence-electron chi connectivity index (χ0n) is 13.9. The quantitative estimate of drug-likeness (QED) is 0.780. The Hall–Kier alpha value is -1.93. The van der Waals surface area contributed by atoms with Gasteiger partial charge in [0.05, 0.1) is 0 Å². The first kappa shape index (κ1) is 15.9. The Balaban J connectivity index is 1.67. The molecule has 0 spiro atoms. The molecule has 0 bridgehead atoms. The lowest BCUT2D eigenvalue weighted by Crippen LogP contribution is -2.25. The molecule has 2 nitrogen and oxygen atoms in total. The summed E-state index contributed by atoms with van der Waals surface area (Å²) in [5.74, 6) is 0.258. The first-order chi connectivity index (χ1) is 11.3. The number of benzene rings is 2. The summed E-state index contributed by atoms with van der Waals surface area (Å²) < 4.78 is 0. The first-order valence-electron chi connectivity index (χ1n) is 8.67. The van der Waals surface area contributed by atoms with Crippen LogP contribution in [0.1, 0.15) is 40.4 Å². The van der Waals surface area contributed by atoms with Crippen LogP contribution < -0.4 is 0 Å². The molecule has 0 atom stereocenters. The third-order valence-corrected chi connectivity index (χ3v) is 4.85. The zero-order chi connectivity index (χ0) is 16.1. The number of nitrogens with zero attached hydrogens (tertiary/aromatic N) is 1. The van der Waals surface area contributed by atoms with Crippen LogP contribution in [0.2, 0.25) is 0 Å². The number of aryl methyl sites for hydroxylation is 1. The Bertz CT molecular complexity index is 663. The highest BCUT2D eigenvalue weighted by molar-refractivity contribution is 5.96. The molecule has 0 N–H and O–H groups in total. The fourth-order valence-corrected chi connectivity index (χ4v) is 3.31. The van der Waals surface area contributed by atoms with E-state index in [-0.39, 0.29) is 5.78 Å². The van der Waals surface area contributed by atoms with Crippen molar-refractivity contribution in [3.05, 3.63) is 70.8 Å². The van der Waals surface area contributed by atoms with Crippen LogP contribution in [0.5, 0.6) is 0 Å². The molecule has 1 aliphatic heterocycles. The van der Waals surface area contributed by atoms with Crippen molar-refractivity contribution in [1.82, 2.24) is 4.90 Å². The molecule has 1 aliphatic rings. The number of ketones is 1. The number of carbonyl (C=O) groups excluding carboxylic acids is 1. The molecule has 3 rings (SSSR count). The van der Waals surface area contributed by atoms with E-state index in [0.29, 0.717) is 6.42 Å². The number of fused-ring (bicyclic) bond motifs is 1. The average Bonchev–Trinajstić information content (AvgIpc) is 2.82. The molecule has 2 aromatic rings. The predicted octanol–water partition coefficient (Wildman–Crippen LogP) is 3.92. The van der Waals surface area contributed by atoms with Crippen molar-refractivity contribution in [2.45, 2.75) is 32.6 Å². The largest absolute Gasteiger partial charge is 0.303 e. The minimum atomic E-state index is 0.258. The van der Waals surface area contributed by atoms with Gasteiger partial charge >= 0.3 is 0 Å². The monoisotopic (exact) mass is 307 g/mol. The van der Waals surface area contributed by atoms with Crippen molar-refractivity contribution in [3.63, 3.8) is 0 Å². The molecule has 1 heterocycles. The molecule has 0 unspecified atom stereocenters. The van der Waals surface area contributed by atoms with Crippen molar-refractivity contribution in [2.24, 2.45) is 0 Å². The molecular formula is C21H25NO. The summed E-state index contributed by atoms with van der Waals surface area (Å²) in [4.78, 5) is 15.0. The van der Waals surface area contributed by atoms with E-state index < -0.39 is 0 Å². The van der Waals surface area contributed by atoms with Gasteiger partial charge in [-0.1, -0.05) is 49.4 Å². The maximum absolute atomic E-state index is 12.5. The smallest absolute Gasteiger partial charge is 0.163 e. The third-order valence-electron chi connectivity index (χ3n) is 4.85. The van der Waals surface area contributed by atoms with Crippen molar-refractivity contribution in [3.8, 4) is 0 Å². The van der Waals surface area contributed by atoms with E-state index in [1.54, 1.807) is 0 Å². The molecule has 0 aromatic heterocycles. The van der Waals surface area contributed by atoms with Gasteiger partial charge in [0.15, 0.2) is 5.78 Å². The molecule has 23 heavy (non-hydrogen) atoms. The summed E-state index contributed by atoms with van der Waals surface area (Å²) in [7, 11) is 0. The predicted molar refractivity (Wildman–Crippen MR) is 95.1 cm³/mol. The Labute approximate surface area is 139 Å². The van der Waals surface area contributed by atoms with Gasteiger partial charge in [-0.3, -0.25) is 4.79 Å². The molecule has 0 aliphatic carbocycles. The van der Waals surface area contributed by atoms with E-state index in [1.807, 2.05) is 24.3 Å². The molecule has 0 fully saturated rings. The van der Waals surface area contributed by atoms with E-state index in [0.717, 1.165) is 44.5 Å². The SMILES string of the molecule is CCN1CCc2ccc(C(=O)CCc3ccccc3)cc2CC1. The summed E-state index contributed by atoms with van der Waals surface area (Å²) in [6, 6.07) is 16.6. The van der Waals surface area contributed by atoms with E-state index in [4.69, 9.17) is 0 Å². The van der Waals surface area contributed by atoms with Crippen molar-refractivity contribution >= 4 is 5.78 Å². The number of rotatable bonds is 5. The number of Topliss-reactive ketones (excluding diaryl/α,β-unsaturated/α-hetero) is 1. The summed E-state index contributed by atoms with van der Waals surface area (Å²) in [5, 5.41) is 0. The highest BCUT2D eigenvalue weighted by atomic mass is 16.1. The van der Waals surface area contributed by atoms with E-state index in [9.17, 15) is 4.79 Å². The van der Waals surface area contributed by atoms with Gasteiger partial charge in [0.25, 0.3) is 0 Å². The lowest BCUT2D eigenvalue weighted by Gasteiger charge is -2.16. The van der Waals surface area contributed by atoms with Crippen LogP contribution in [0.3, 0.4) is 0 Å². The van der Waals surface area contributed by atoms with Crippen LogP contribution in [0.15, 0.2) is 48.5 Å². The van der Waals surface area contributed by atoms with Gasteiger partial charge in [-0.25, -0.2) is 0 Å². The summed E-state index contributed by atoms with van der Waals surface area (Å²) >= 11 is 0. The number of hydrogen-bond acceptors (Lipinski definition) is 2. The Morgan fingerprint density at radius 1 is 1.00 bits per heavy atom. The minimum absolute atomic E-state index is 0.258. The topological polar surface area (TPSA) is 20.3 Å². The molecule has 0 amide bonds. The molecule has 2 aromatic carbocycles.